The van der Waals surface area contributed by atoms with E-state index in [-0.39, 0.29) is 5.82 Å². The Labute approximate surface area is 108 Å². The molecule has 0 unspecified atom stereocenters. The summed E-state index contributed by atoms with van der Waals surface area (Å²) in [6, 6.07) is 6.92. The summed E-state index contributed by atoms with van der Waals surface area (Å²) in [5.41, 5.74) is 1.26. The van der Waals surface area contributed by atoms with Crippen LogP contribution in [0.2, 0.25) is 0 Å². The van der Waals surface area contributed by atoms with Gasteiger partial charge in [0.2, 0.25) is 0 Å². The van der Waals surface area contributed by atoms with Crippen LogP contribution in [0.4, 0.5) is 8.78 Å². The molecule has 0 radical (unpaired) electrons. The first kappa shape index (κ1) is 13.3. The number of hydrogen-bond donors (Lipinski definition) is 0. The lowest BCUT2D eigenvalue weighted by Crippen LogP contribution is -2.13. The molecule has 2 rings (SSSR count). The zero-order chi connectivity index (χ0) is 12.8. The SMILES string of the molecule is F/C=C/CC[C@H]1CC[C@H](c2ccc(F)cc2)CC1. The van der Waals surface area contributed by atoms with Gasteiger partial charge in [-0.25, -0.2) is 8.78 Å². The Kier molecular flexibility index (Phi) is 4.91. The van der Waals surface area contributed by atoms with Crippen molar-refractivity contribution < 1.29 is 8.78 Å². The highest BCUT2D eigenvalue weighted by Gasteiger charge is 2.21. The Morgan fingerprint density at radius 2 is 1.72 bits per heavy atom. The van der Waals surface area contributed by atoms with Crippen LogP contribution in [0.25, 0.3) is 0 Å². The van der Waals surface area contributed by atoms with Crippen molar-refractivity contribution in [3.63, 3.8) is 0 Å². The van der Waals surface area contributed by atoms with Crippen LogP contribution in [-0.2, 0) is 0 Å². The molecule has 2 heteroatoms. The van der Waals surface area contributed by atoms with Gasteiger partial charge in [0, 0.05) is 0 Å². The van der Waals surface area contributed by atoms with Crippen molar-refractivity contribution in [1.82, 2.24) is 0 Å². The molecule has 18 heavy (non-hydrogen) atoms. The third kappa shape index (κ3) is 3.66. The van der Waals surface area contributed by atoms with Crippen LogP contribution >= 0.6 is 0 Å². The van der Waals surface area contributed by atoms with Crippen LogP contribution in [0.3, 0.4) is 0 Å². The van der Waals surface area contributed by atoms with Crippen molar-refractivity contribution in [2.24, 2.45) is 5.92 Å². The van der Waals surface area contributed by atoms with Crippen LogP contribution in [0.5, 0.6) is 0 Å². The van der Waals surface area contributed by atoms with E-state index in [9.17, 15) is 8.78 Å². The number of halogens is 2. The first-order valence-electron chi connectivity index (χ1n) is 6.80. The molecule has 98 valence electrons. The molecule has 0 nitrogen and oxygen atoms in total. The Morgan fingerprint density at radius 3 is 2.33 bits per heavy atom. The summed E-state index contributed by atoms with van der Waals surface area (Å²) in [4.78, 5) is 0. The average Bonchev–Trinajstić information content (AvgIpc) is 2.41. The number of rotatable bonds is 4. The molecule has 0 aliphatic heterocycles. The highest BCUT2D eigenvalue weighted by atomic mass is 19.1. The summed E-state index contributed by atoms with van der Waals surface area (Å²) in [6.07, 6.45) is 8.96. The van der Waals surface area contributed by atoms with Gasteiger partial charge in [-0.2, -0.15) is 0 Å². The van der Waals surface area contributed by atoms with E-state index < -0.39 is 0 Å². The fourth-order valence-corrected chi connectivity index (χ4v) is 2.91. The molecule has 1 aromatic rings. The highest BCUT2D eigenvalue weighted by molar-refractivity contribution is 5.20. The van der Waals surface area contributed by atoms with Crippen LogP contribution in [-0.4, -0.2) is 0 Å². The molecule has 0 amide bonds. The predicted octanol–water partition coefficient (Wildman–Crippen LogP) is 5.36. The van der Waals surface area contributed by atoms with E-state index >= 15 is 0 Å². The number of hydrogen-bond acceptors (Lipinski definition) is 0. The zero-order valence-corrected chi connectivity index (χ0v) is 10.6. The van der Waals surface area contributed by atoms with Gasteiger partial charge in [-0.1, -0.05) is 18.2 Å². The van der Waals surface area contributed by atoms with Crippen molar-refractivity contribution in [3.05, 3.63) is 48.1 Å². The summed E-state index contributed by atoms with van der Waals surface area (Å²) in [7, 11) is 0. The van der Waals surface area contributed by atoms with Crippen LogP contribution in [0, 0.1) is 11.7 Å². The van der Waals surface area contributed by atoms with Crippen LogP contribution in [0.15, 0.2) is 36.7 Å². The van der Waals surface area contributed by atoms with Crippen molar-refractivity contribution in [2.45, 2.75) is 44.4 Å². The quantitative estimate of drug-likeness (QED) is 0.674. The molecule has 0 bridgehead atoms. The maximum absolute atomic E-state index is 12.9. The molecule has 1 aliphatic carbocycles. The fraction of sp³-hybridized carbons (Fsp3) is 0.500. The molecular formula is C16H20F2. The Balaban J connectivity index is 1.81. The van der Waals surface area contributed by atoms with E-state index in [1.165, 1.54) is 31.2 Å². The molecule has 0 aromatic heterocycles. The maximum Gasteiger partial charge on any atom is 0.123 e. The number of allylic oxidation sites excluding steroid dienone is 1. The summed E-state index contributed by atoms with van der Waals surface area (Å²) >= 11 is 0. The minimum absolute atomic E-state index is 0.162. The van der Waals surface area contributed by atoms with Gasteiger partial charge in [-0.05, 0) is 68.1 Å². The Morgan fingerprint density at radius 1 is 1.06 bits per heavy atom. The lowest BCUT2D eigenvalue weighted by molar-refractivity contribution is 0.311. The molecule has 1 aromatic carbocycles. The van der Waals surface area contributed by atoms with Gasteiger partial charge in [0.15, 0.2) is 0 Å². The average molecular weight is 250 g/mol. The normalized spacial score (nSPS) is 24.6. The molecule has 1 fully saturated rings. The van der Waals surface area contributed by atoms with Gasteiger partial charge in [0.05, 0.1) is 6.33 Å². The third-order valence-electron chi connectivity index (χ3n) is 4.02. The summed E-state index contributed by atoms with van der Waals surface area (Å²) < 4.78 is 24.7. The Hall–Kier alpha value is -1.18. The van der Waals surface area contributed by atoms with Gasteiger partial charge < -0.3 is 0 Å². The van der Waals surface area contributed by atoms with E-state index in [2.05, 4.69) is 0 Å². The second-order valence-electron chi connectivity index (χ2n) is 5.21. The minimum Gasteiger partial charge on any atom is -0.216 e. The van der Waals surface area contributed by atoms with Crippen molar-refractivity contribution in [1.29, 1.82) is 0 Å². The third-order valence-corrected chi connectivity index (χ3v) is 4.02. The molecule has 0 saturated heterocycles. The zero-order valence-electron chi connectivity index (χ0n) is 10.6. The van der Waals surface area contributed by atoms with Crippen LogP contribution in [0.1, 0.15) is 50.0 Å². The largest absolute Gasteiger partial charge is 0.216 e. The van der Waals surface area contributed by atoms with Crippen molar-refractivity contribution in [2.75, 3.05) is 0 Å². The monoisotopic (exact) mass is 250 g/mol. The lowest BCUT2D eigenvalue weighted by atomic mass is 9.77. The fourth-order valence-electron chi connectivity index (χ4n) is 2.91. The van der Waals surface area contributed by atoms with E-state index in [0.29, 0.717) is 12.2 Å². The van der Waals surface area contributed by atoms with E-state index in [1.807, 2.05) is 12.1 Å². The van der Waals surface area contributed by atoms with Gasteiger partial charge in [-0.3, -0.25) is 0 Å². The maximum atomic E-state index is 12.9. The van der Waals surface area contributed by atoms with Crippen LogP contribution < -0.4 is 0 Å². The number of benzene rings is 1. The second-order valence-corrected chi connectivity index (χ2v) is 5.21. The predicted molar refractivity (Wildman–Crippen MR) is 70.6 cm³/mol. The van der Waals surface area contributed by atoms with E-state index in [4.69, 9.17) is 0 Å². The van der Waals surface area contributed by atoms with E-state index in [0.717, 1.165) is 18.8 Å². The lowest BCUT2D eigenvalue weighted by Gasteiger charge is -2.28. The van der Waals surface area contributed by atoms with Gasteiger partial charge >= 0.3 is 0 Å². The van der Waals surface area contributed by atoms with Crippen molar-refractivity contribution >= 4 is 0 Å². The topological polar surface area (TPSA) is 0 Å². The van der Waals surface area contributed by atoms with Gasteiger partial charge in [0.1, 0.15) is 5.82 Å². The summed E-state index contributed by atoms with van der Waals surface area (Å²) in [5, 5.41) is 0. The smallest absolute Gasteiger partial charge is 0.123 e. The van der Waals surface area contributed by atoms with Gasteiger partial charge in [-0.15, -0.1) is 0 Å². The van der Waals surface area contributed by atoms with Crippen molar-refractivity contribution in [3.8, 4) is 0 Å². The molecule has 0 heterocycles. The summed E-state index contributed by atoms with van der Waals surface area (Å²) in [5.74, 6) is 1.15. The first-order chi connectivity index (χ1) is 8.79. The molecule has 1 saturated carbocycles. The molecule has 1 aliphatic rings. The molecular weight excluding hydrogens is 230 g/mol. The highest BCUT2D eigenvalue weighted by Crippen LogP contribution is 2.37. The Bertz CT molecular complexity index is 373. The second kappa shape index (κ2) is 6.67. The first-order valence-corrected chi connectivity index (χ1v) is 6.80. The minimum atomic E-state index is -0.162. The molecule has 0 atom stereocenters. The van der Waals surface area contributed by atoms with Gasteiger partial charge in [0.25, 0.3) is 0 Å². The molecule has 0 N–H and O–H groups in total. The van der Waals surface area contributed by atoms with E-state index in [1.54, 1.807) is 18.2 Å². The molecule has 0 spiro atoms. The standard InChI is InChI=1S/C16H20F2/c17-12-2-1-3-13-4-6-14(7-5-13)15-8-10-16(18)11-9-15/h2,8-14H,1,3-7H2/b12-2+/t13-,14-. The summed E-state index contributed by atoms with van der Waals surface area (Å²) in [6.45, 7) is 0.